The van der Waals surface area contributed by atoms with Gasteiger partial charge in [0.05, 0.1) is 24.5 Å². The lowest BCUT2D eigenvalue weighted by atomic mass is 10.2. The van der Waals surface area contributed by atoms with Crippen LogP contribution in [-0.4, -0.2) is 57.4 Å². The van der Waals surface area contributed by atoms with Gasteiger partial charge in [-0.25, -0.2) is 19.1 Å². The molecule has 3 heterocycles. The number of aliphatic hydroxyl groups excluding tert-OH is 1. The van der Waals surface area contributed by atoms with Crippen molar-refractivity contribution >= 4 is 17.5 Å². The molecule has 3 aromatic heterocycles. The summed E-state index contributed by atoms with van der Waals surface area (Å²) in [5.41, 5.74) is 0.923. The number of halogens is 4. The number of rotatable bonds is 9. The van der Waals surface area contributed by atoms with E-state index in [9.17, 15) is 27.9 Å². The van der Waals surface area contributed by atoms with Gasteiger partial charge >= 0.3 is 11.9 Å². The highest BCUT2D eigenvalue weighted by Gasteiger charge is 2.39. The molecular formula is C25H26ClF3N8O3. The molecule has 4 aromatic rings. The van der Waals surface area contributed by atoms with Crippen molar-refractivity contribution in [3.8, 4) is 17.1 Å². The van der Waals surface area contributed by atoms with Gasteiger partial charge in [-0.05, 0) is 49.2 Å². The quantitative estimate of drug-likeness (QED) is 0.312. The highest BCUT2D eigenvalue weighted by molar-refractivity contribution is 6.30. The molecule has 2 atom stereocenters. The molecule has 4 rings (SSSR count). The average Bonchev–Trinajstić information content (AvgIpc) is 3.45. The van der Waals surface area contributed by atoms with Crippen LogP contribution in [0.3, 0.4) is 0 Å². The zero-order valence-corrected chi connectivity index (χ0v) is 22.5. The fourth-order valence-corrected chi connectivity index (χ4v) is 4.22. The number of carbonyl (C=O) groups is 1. The lowest BCUT2D eigenvalue weighted by molar-refractivity contribution is -0.207. The number of alkyl halides is 3. The monoisotopic (exact) mass is 578 g/mol. The Morgan fingerprint density at radius 3 is 2.50 bits per heavy atom. The van der Waals surface area contributed by atoms with Gasteiger partial charge < -0.3 is 10.4 Å². The van der Waals surface area contributed by atoms with Gasteiger partial charge in [-0.2, -0.15) is 13.2 Å². The molecule has 15 heteroatoms. The minimum Gasteiger partial charge on any atom is -0.382 e. The van der Waals surface area contributed by atoms with Crippen LogP contribution in [0.5, 0.6) is 0 Å². The van der Waals surface area contributed by atoms with Crippen LogP contribution in [0.15, 0.2) is 47.5 Å². The summed E-state index contributed by atoms with van der Waals surface area (Å²) < 4.78 is 42.7. The number of nitrogens with zero attached hydrogens (tertiary/aromatic N) is 7. The molecule has 0 fully saturated rings. The van der Waals surface area contributed by atoms with E-state index in [2.05, 4.69) is 25.5 Å². The number of aromatic nitrogens is 7. The third kappa shape index (κ3) is 6.23. The maximum atomic E-state index is 13.3. The van der Waals surface area contributed by atoms with Gasteiger partial charge in [-0.1, -0.05) is 18.5 Å². The number of aryl methyl sites for hydroxylation is 1. The largest absolute Gasteiger partial charge is 0.416 e. The number of hydrogen-bond donors (Lipinski definition) is 2. The van der Waals surface area contributed by atoms with E-state index in [1.807, 2.05) is 13.0 Å². The molecule has 40 heavy (non-hydrogen) atoms. The fourth-order valence-electron chi connectivity index (χ4n) is 4.10. The van der Waals surface area contributed by atoms with E-state index in [0.29, 0.717) is 28.5 Å². The molecule has 0 bridgehead atoms. The van der Waals surface area contributed by atoms with Gasteiger partial charge in [0.2, 0.25) is 5.91 Å². The Labute approximate surface area is 231 Å². The summed E-state index contributed by atoms with van der Waals surface area (Å²) in [6.45, 7) is 3.66. The molecule has 0 aliphatic rings. The number of nitrogens with one attached hydrogen (secondary N) is 1. The van der Waals surface area contributed by atoms with Crippen molar-refractivity contribution in [1.82, 2.24) is 39.4 Å². The van der Waals surface area contributed by atoms with Crippen molar-refractivity contribution in [2.24, 2.45) is 0 Å². The Bertz CT molecular complexity index is 1560. The summed E-state index contributed by atoms with van der Waals surface area (Å²) in [6, 6.07) is 7.25. The van der Waals surface area contributed by atoms with E-state index in [-0.39, 0.29) is 24.1 Å². The van der Waals surface area contributed by atoms with E-state index < -0.39 is 30.6 Å². The van der Waals surface area contributed by atoms with Gasteiger partial charge in [0, 0.05) is 23.7 Å². The Kier molecular flexibility index (Phi) is 8.40. The van der Waals surface area contributed by atoms with Crippen LogP contribution < -0.4 is 11.0 Å². The molecule has 212 valence electrons. The number of aliphatic hydroxyl groups is 1. The molecule has 11 nitrogen and oxygen atoms in total. The van der Waals surface area contributed by atoms with E-state index in [1.165, 1.54) is 35.9 Å². The Morgan fingerprint density at radius 1 is 1.18 bits per heavy atom. The Morgan fingerprint density at radius 2 is 1.88 bits per heavy atom. The summed E-state index contributed by atoms with van der Waals surface area (Å²) >= 11 is 5.94. The van der Waals surface area contributed by atoms with Crippen molar-refractivity contribution in [3.05, 3.63) is 75.4 Å². The van der Waals surface area contributed by atoms with Crippen LogP contribution in [0, 0.1) is 0 Å². The number of hydrogen-bond acceptors (Lipinski definition) is 7. The number of benzene rings is 1. The summed E-state index contributed by atoms with van der Waals surface area (Å²) in [7, 11) is 0. The van der Waals surface area contributed by atoms with Crippen molar-refractivity contribution in [2.45, 2.75) is 58.6 Å². The molecule has 1 unspecified atom stereocenters. The van der Waals surface area contributed by atoms with Gasteiger partial charge in [0.25, 0.3) is 0 Å². The molecular weight excluding hydrogens is 553 g/mol. The maximum Gasteiger partial charge on any atom is 0.416 e. The van der Waals surface area contributed by atoms with Crippen LogP contribution in [-0.2, 0) is 24.3 Å². The highest BCUT2D eigenvalue weighted by Crippen LogP contribution is 2.24. The summed E-state index contributed by atoms with van der Waals surface area (Å²) in [4.78, 5) is 33.7. The van der Waals surface area contributed by atoms with Crippen LogP contribution in [0.25, 0.3) is 17.1 Å². The van der Waals surface area contributed by atoms with Crippen LogP contribution in [0.4, 0.5) is 13.2 Å². The SMILES string of the molecule is CCc1ccncc1-n1nc(Cn2nc(-c3ccc(Cl)cc3)n(C[C@H](O)C(F)(F)F)c2=O)nc1C(C)NC(C)=O. The first kappa shape index (κ1) is 29.0. The molecule has 1 amide bonds. The lowest BCUT2D eigenvalue weighted by Crippen LogP contribution is -2.37. The van der Waals surface area contributed by atoms with Gasteiger partial charge in [-0.3, -0.25) is 14.3 Å². The molecule has 0 aliphatic heterocycles. The predicted molar refractivity (Wildman–Crippen MR) is 139 cm³/mol. The van der Waals surface area contributed by atoms with Gasteiger partial charge in [0.1, 0.15) is 6.54 Å². The minimum absolute atomic E-state index is 0.100. The first-order valence-corrected chi connectivity index (χ1v) is 12.6. The predicted octanol–water partition coefficient (Wildman–Crippen LogP) is 3.07. The maximum absolute atomic E-state index is 13.3. The number of carbonyl (C=O) groups excluding carboxylic acids is 1. The van der Waals surface area contributed by atoms with E-state index >= 15 is 0 Å². The molecule has 0 saturated carbocycles. The third-order valence-corrected chi connectivity index (χ3v) is 6.28. The van der Waals surface area contributed by atoms with Crippen LogP contribution >= 0.6 is 11.6 Å². The van der Waals surface area contributed by atoms with Crippen LogP contribution in [0.1, 0.15) is 44.0 Å². The summed E-state index contributed by atoms with van der Waals surface area (Å²) in [5, 5.41) is 21.6. The molecule has 2 N–H and O–H groups in total. The van der Waals surface area contributed by atoms with Gasteiger partial charge in [0.15, 0.2) is 23.6 Å². The van der Waals surface area contributed by atoms with Crippen molar-refractivity contribution < 1.29 is 23.1 Å². The Balaban J connectivity index is 1.80. The lowest BCUT2D eigenvalue weighted by Gasteiger charge is -2.15. The number of pyridine rings is 1. The van der Waals surface area contributed by atoms with Crippen LogP contribution in [0.2, 0.25) is 5.02 Å². The molecule has 0 spiro atoms. The summed E-state index contributed by atoms with van der Waals surface area (Å²) in [6.07, 6.45) is -3.86. The normalized spacial score (nSPS) is 13.3. The second-order valence-electron chi connectivity index (χ2n) is 9.02. The minimum atomic E-state index is -4.95. The first-order chi connectivity index (χ1) is 18.9. The second-order valence-corrected chi connectivity index (χ2v) is 9.45. The van der Waals surface area contributed by atoms with Crippen molar-refractivity contribution in [3.63, 3.8) is 0 Å². The van der Waals surface area contributed by atoms with Crippen molar-refractivity contribution in [1.29, 1.82) is 0 Å². The van der Waals surface area contributed by atoms with E-state index in [0.717, 1.165) is 14.8 Å². The van der Waals surface area contributed by atoms with E-state index in [4.69, 9.17) is 11.6 Å². The standard InChI is InChI=1S/C25H26ClF3N8O3/c1-4-16-9-10-30-11-19(16)37-22(14(2)31-15(3)38)32-21(33-37)13-36-24(40)35(12-20(39)25(27,28)29)23(34-36)17-5-7-18(26)8-6-17/h5-11,14,20,39H,4,12-13H2,1-3H3,(H,31,38)/t14?,20-/m0/s1. The Hall–Kier alpha value is -4.04. The average molecular weight is 579 g/mol. The second kappa shape index (κ2) is 11.6. The van der Waals surface area contributed by atoms with Gasteiger partial charge in [-0.15, -0.1) is 10.2 Å². The number of amides is 1. The fraction of sp³-hybridized carbons (Fsp3) is 0.360. The third-order valence-electron chi connectivity index (χ3n) is 6.03. The summed E-state index contributed by atoms with van der Waals surface area (Å²) in [5.74, 6) is 0.0720. The topological polar surface area (TPSA) is 133 Å². The van der Waals surface area contributed by atoms with Crippen molar-refractivity contribution in [2.75, 3.05) is 0 Å². The smallest absolute Gasteiger partial charge is 0.382 e. The molecule has 0 saturated heterocycles. The zero-order valence-electron chi connectivity index (χ0n) is 21.7. The molecule has 1 aromatic carbocycles. The highest BCUT2D eigenvalue weighted by atomic mass is 35.5. The molecule has 0 radical (unpaired) electrons. The zero-order chi connectivity index (χ0) is 29.2. The first-order valence-electron chi connectivity index (χ1n) is 12.2. The van der Waals surface area contributed by atoms with E-state index in [1.54, 1.807) is 19.3 Å². The molecule has 0 aliphatic carbocycles.